The predicted octanol–water partition coefficient (Wildman–Crippen LogP) is 1.97. The van der Waals surface area contributed by atoms with Crippen LogP contribution in [0.3, 0.4) is 0 Å². The van der Waals surface area contributed by atoms with Crippen molar-refractivity contribution < 1.29 is 24.0 Å². The first-order valence-electron chi connectivity index (χ1n) is 6.64. The lowest BCUT2D eigenvalue weighted by Gasteiger charge is -2.04. The summed E-state index contributed by atoms with van der Waals surface area (Å²) in [5, 5.41) is 23.5. The molecule has 0 aliphatic rings. The molecule has 0 heterocycles. The average Bonchev–Trinajstić information content (AvgIpc) is 2.57. The number of ether oxygens (including phenoxy) is 1. The highest BCUT2D eigenvalue weighted by molar-refractivity contribution is 5.85. The molecular weight excluding hydrogens is 321 g/mol. The maximum Gasteiger partial charge on any atom is 0.277 e. The second kappa shape index (κ2) is 7.68. The number of hydrogen-bond acceptors (Lipinski definition) is 6. The molecule has 0 saturated heterocycles. The Morgan fingerprint density at radius 1 is 1.33 bits per heavy atom. The van der Waals surface area contributed by atoms with E-state index >= 15 is 0 Å². The SMILES string of the molecule is O=C(COc1ccc([N+](=O)[O-])cc1)N/N=C/c1cccc(F)c1O. The number of nitro benzene ring substituents is 1. The number of nitrogens with zero attached hydrogens (tertiary/aromatic N) is 2. The molecule has 0 saturated carbocycles. The number of halogens is 1. The number of aromatic hydroxyl groups is 1. The van der Waals surface area contributed by atoms with Crippen LogP contribution in [0.2, 0.25) is 0 Å². The van der Waals surface area contributed by atoms with Crippen molar-refractivity contribution in [2.75, 3.05) is 6.61 Å². The Kier molecular flexibility index (Phi) is 5.40. The summed E-state index contributed by atoms with van der Waals surface area (Å²) in [4.78, 5) is 21.5. The van der Waals surface area contributed by atoms with Crippen molar-refractivity contribution in [1.82, 2.24) is 5.43 Å². The summed E-state index contributed by atoms with van der Waals surface area (Å²) >= 11 is 0. The molecule has 2 rings (SSSR count). The van der Waals surface area contributed by atoms with E-state index in [4.69, 9.17) is 4.74 Å². The summed E-state index contributed by atoms with van der Waals surface area (Å²) in [5.74, 6) is -1.69. The fraction of sp³-hybridized carbons (Fsp3) is 0.0667. The van der Waals surface area contributed by atoms with Crippen LogP contribution in [0.5, 0.6) is 11.5 Å². The van der Waals surface area contributed by atoms with Crippen molar-refractivity contribution in [3.8, 4) is 11.5 Å². The van der Waals surface area contributed by atoms with Gasteiger partial charge in [0.2, 0.25) is 0 Å². The molecule has 9 heteroatoms. The molecule has 2 aromatic carbocycles. The summed E-state index contributed by atoms with van der Waals surface area (Å²) < 4.78 is 18.2. The molecule has 0 aliphatic heterocycles. The Morgan fingerprint density at radius 2 is 2.04 bits per heavy atom. The van der Waals surface area contributed by atoms with Gasteiger partial charge in [-0.3, -0.25) is 14.9 Å². The summed E-state index contributed by atoms with van der Waals surface area (Å²) in [7, 11) is 0. The molecule has 0 fully saturated rings. The van der Waals surface area contributed by atoms with Gasteiger partial charge in [-0.05, 0) is 24.3 Å². The van der Waals surface area contributed by atoms with Gasteiger partial charge in [-0.25, -0.2) is 9.82 Å². The molecule has 0 atom stereocenters. The molecule has 8 nitrogen and oxygen atoms in total. The van der Waals surface area contributed by atoms with E-state index in [2.05, 4.69) is 10.5 Å². The Bertz CT molecular complexity index is 777. The third kappa shape index (κ3) is 4.50. The highest BCUT2D eigenvalue weighted by Crippen LogP contribution is 2.18. The van der Waals surface area contributed by atoms with Gasteiger partial charge in [0.05, 0.1) is 11.1 Å². The number of amides is 1. The zero-order valence-corrected chi connectivity index (χ0v) is 12.2. The van der Waals surface area contributed by atoms with Crippen molar-refractivity contribution in [2.45, 2.75) is 0 Å². The maximum absolute atomic E-state index is 13.1. The molecule has 1 amide bonds. The smallest absolute Gasteiger partial charge is 0.277 e. The topological polar surface area (TPSA) is 114 Å². The number of rotatable bonds is 6. The fourth-order valence-electron chi connectivity index (χ4n) is 1.66. The second-order valence-electron chi connectivity index (χ2n) is 4.51. The summed E-state index contributed by atoms with van der Waals surface area (Å²) in [5.41, 5.74) is 2.15. The monoisotopic (exact) mass is 333 g/mol. The number of carbonyl (C=O) groups excluding carboxylic acids is 1. The number of phenols is 1. The van der Waals surface area contributed by atoms with Gasteiger partial charge in [-0.15, -0.1) is 0 Å². The zero-order valence-electron chi connectivity index (χ0n) is 12.2. The van der Waals surface area contributed by atoms with Crippen LogP contribution in [-0.2, 0) is 4.79 Å². The molecule has 2 N–H and O–H groups in total. The van der Waals surface area contributed by atoms with Crippen LogP contribution in [-0.4, -0.2) is 28.8 Å². The Hall–Kier alpha value is -3.49. The molecule has 0 bridgehead atoms. The number of non-ortho nitro benzene ring substituents is 1. The van der Waals surface area contributed by atoms with Gasteiger partial charge in [-0.2, -0.15) is 5.10 Å². The molecule has 0 unspecified atom stereocenters. The number of hydrogen-bond donors (Lipinski definition) is 2. The minimum atomic E-state index is -0.799. The third-order valence-corrected chi connectivity index (χ3v) is 2.83. The molecule has 124 valence electrons. The molecule has 0 aromatic heterocycles. The predicted molar refractivity (Wildman–Crippen MR) is 82.4 cm³/mol. The number of benzene rings is 2. The number of phenolic OH excluding ortho intramolecular Hbond substituents is 1. The van der Waals surface area contributed by atoms with E-state index in [1.807, 2.05) is 0 Å². The Balaban J connectivity index is 1.84. The van der Waals surface area contributed by atoms with Crippen molar-refractivity contribution in [3.05, 3.63) is 64.0 Å². The van der Waals surface area contributed by atoms with Gasteiger partial charge < -0.3 is 9.84 Å². The molecule has 0 aliphatic carbocycles. The quantitative estimate of drug-likeness (QED) is 0.476. The zero-order chi connectivity index (χ0) is 17.5. The Labute approximate surface area is 135 Å². The van der Waals surface area contributed by atoms with Crippen molar-refractivity contribution in [1.29, 1.82) is 0 Å². The minimum Gasteiger partial charge on any atom is -0.504 e. The minimum absolute atomic E-state index is 0.0914. The van der Waals surface area contributed by atoms with Crippen LogP contribution in [0.15, 0.2) is 47.6 Å². The first kappa shape index (κ1) is 16.9. The van der Waals surface area contributed by atoms with Crippen molar-refractivity contribution in [2.24, 2.45) is 5.10 Å². The van der Waals surface area contributed by atoms with Crippen LogP contribution in [0.1, 0.15) is 5.56 Å². The number of nitrogens with one attached hydrogen (secondary N) is 1. The third-order valence-electron chi connectivity index (χ3n) is 2.83. The van der Waals surface area contributed by atoms with Crippen LogP contribution < -0.4 is 10.2 Å². The van der Waals surface area contributed by atoms with Crippen LogP contribution in [0, 0.1) is 15.9 Å². The first-order chi connectivity index (χ1) is 11.5. The molecule has 24 heavy (non-hydrogen) atoms. The molecule has 2 aromatic rings. The number of para-hydroxylation sites is 1. The van der Waals surface area contributed by atoms with E-state index in [9.17, 15) is 24.4 Å². The summed E-state index contributed by atoms with van der Waals surface area (Å²) in [6.07, 6.45) is 1.09. The van der Waals surface area contributed by atoms with Crippen LogP contribution in [0.25, 0.3) is 0 Å². The fourth-order valence-corrected chi connectivity index (χ4v) is 1.66. The van der Waals surface area contributed by atoms with Gasteiger partial charge in [0.1, 0.15) is 5.75 Å². The van der Waals surface area contributed by atoms with Gasteiger partial charge in [0.25, 0.3) is 11.6 Å². The van der Waals surface area contributed by atoms with Gasteiger partial charge in [0.15, 0.2) is 18.2 Å². The lowest BCUT2D eigenvalue weighted by molar-refractivity contribution is -0.384. The van der Waals surface area contributed by atoms with Gasteiger partial charge >= 0.3 is 0 Å². The van der Waals surface area contributed by atoms with Crippen molar-refractivity contribution in [3.63, 3.8) is 0 Å². The first-order valence-corrected chi connectivity index (χ1v) is 6.64. The van der Waals surface area contributed by atoms with Crippen LogP contribution >= 0.6 is 0 Å². The van der Waals surface area contributed by atoms with E-state index in [0.29, 0.717) is 0 Å². The maximum atomic E-state index is 13.1. The highest BCUT2D eigenvalue weighted by Gasteiger charge is 2.07. The molecule has 0 spiro atoms. The van der Waals surface area contributed by atoms with Crippen molar-refractivity contribution >= 4 is 17.8 Å². The highest BCUT2D eigenvalue weighted by atomic mass is 19.1. The van der Waals surface area contributed by atoms with Gasteiger partial charge in [0, 0.05) is 17.7 Å². The standard InChI is InChI=1S/C15H12FN3O5/c16-13-3-1-2-10(15(13)21)8-17-18-14(20)9-24-12-6-4-11(5-7-12)19(22)23/h1-8,21H,9H2,(H,18,20)/b17-8+. The number of nitro groups is 1. The van der Waals surface area contributed by atoms with E-state index < -0.39 is 22.4 Å². The second-order valence-corrected chi connectivity index (χ2v) is 4.51. The van der Waals surface area contributed by atoms with E-state index in [0.717, 1.165) is 12.3 Å². The van der Waals surface area contributed by atoms with Gasteiger partial charge in [-0.1, -0.05) is 6.07 Å². The number of hydrazone groups is 1. The lowest BCUT2D eigenvalue weighted by atomic mass is 10.2. The Morgan fingerprint density at radius 3 is 2.71 bits per heavy atom. The van der Waals surface area contributed by atoms with E-state index in [1.165, 1.54) is 36.4 Å². The van der Waals surface area contributed by atoms with E-state index in [1.54, 1.807) is 0 Å². The normalized spacial score (nSPS) is 10.5. The lowest BCUT2D eigenvalue weighted by Crippen LogP contribution is -2.24. The summed E-state index contributed by atoms with van der Waals surface area (Å²) in [6, 6.07) is 9.11. The van der Waals surface area contributed by atoms with Crippen LogP contribution in [0.4, 0.5) is 10.1 Å². The molecular formula is C15H12FN3O5. The van der Waals surface area contributed by atoms with E-state index in [-0.39, 0.29) is 23.6 Å². The number of carbonyl (C=O) groups is 1. The summed E-state index contributed by atoms with van der Waals surface area (Å²) in [6.45, 7) is -0.371. The average molecular weight is 333 g/mol. The molecule has 0 radical (unpaired) electrons. The largest absolute Gasteiger partial charge is 0.504 e.